The second-order valence-electron chi connectivity index (χ2n) is 2.64. The van der Waals surface area contributed by atoms with Crippen LogP contribution in [-0.2, 0) is 4.74 Å². The molecular weight excluding hydrogens is 218 g/mol. The SMILES string of the molecule is Cl.NCCCOC(=S)c1ccccc1. The Bertz CT molecular complexity index is 266. The molecule has 0 aliphatic heterocycles. The van der Waals surface area contributed by atoms with Gasteiger partial charge in [0.1, 0.15) is 0 Å². The molecule has 0 aromatic heterocycles. The first-order valence-electron chi connectivity index (χ1n) is 4.27. The highest BCUT2D eigenvalue weighted by atomic mass is 35.5. The van der Waals surface area contributed by atoms with E-state index in [0.717, 1.165) is 12.0 Å². The topological polar surface area (TPSA) is 35.2 Å². The molecule has 0 spiro atoms. The average molecular weight is 232 g/mol. The Morgan fingerprint density at radius 1 is 1.29 bits per heavy atom. The van der Waals surface area contributed by atoms with Gasteiger partial charge in [0, 0.05) is 5.56 Å². The van der Waals surface area contributed by atoms with Gasteiger partial charge in [-0.15, -0.1) is 12.4 Å². The lowest BCUT2D eigenvalue weighted by atomic mass is 10.2. The van der Waals surface area contributed by atoms with Gasteiger partial charge in [-0.1, -0.05) is 30.3 Å². The molecular formula is C10H14ClNOS. The minimum Gasteiger partial charge on any atom is -0.483 e. The molecule has 0 radical (unpaired) electrons. The molecule has 1 rings (SSSR count). The summed E-state index contributed by atoms with van der Waals surface area (Å²) < 4.78 is 5.32. The lowest BCUT2D eigenvalue weighted by molar-refractivity contribution is 0.310. The van der Waals surface area contributed by atoms with E-state index >= 15 is 0 Å². The fourth-order valence-electron chi connectivity index (χ4n) is 0.906. The van der Waals surface area contributed by atoms with Crippen molar-refractivity contribution in [2.45, 2.75) is 6.42 Å². The van der Waals surface area contributed by atoms with Gasteiger partial charge in [-0.2, -0.15) is 0 Å². The highest BCUT2D eigenvalue weighted by Crippen LogP contribution is 2.02. The van der Waals surface area contributed by atoms with E-state index in [0.29, 0.717) is 18.2 Å². The van der Waals surface area contributed by atoms with Crippen LogP contribution in [0.3, 0.4) is 0 Å². The highest BCUT2D eigenvalue weighted by Gasteiger charge is 1.99. The summed E-state index contributed by atoms with van der Waals surface area (Å²) in [6.45, 7) is 1.24. The summed E-state index contributed by atoms with van der Waals surface area (Å²) in [7, 11) is 0. The predicted octanol–water partition coefficient (Wildman–Crippen LogP) is 2.15. The van der Waals surface area contributed by atoms with Gasteiger partial charge in [-0.3, -0.25) is 0 Å². The summed E-state index contributed by atoms with van der Waals surface area (Å²) in [6.07, 6.45) is 0.840. The molecule has 0 saturated carbocycles. The third-order valence-electron chi connectivity index (χ3n) is 1.59. The quantitative estimate of drug-likeness (QED) is 0.637. The summed E-state index contributed by atoms with van der Waals surface area (Å²) >= 11 is 5.07. The van der Waals surface area contributed by atoms with Gasteiger partial charge < -0.3 is 10.5 Å². The van der Waals surface area contributed by atoms with E-state index in [1.807, 2.05) is 30.3 Å². The maximum atomic E-state index is 5.33. The predicted molar refractivity (Wildman–Crippen MR) is 65.0 cm³/mol. The molecule has 1 aromatic rings. The first-order valence-corrected chi connectivity index (χ1v) is 4.67. The molecule has 0 heterocycles. The average Bonchev–Trinajstić information content (AvgIpc) is 2.19. The largest absolute Gasteiger partial charge is 0.483 e. The van der Waals surface area contributed by atoms with Crippen molar-refractivity contribution in [3.8, 4) is 0 Å². The zero-order chi connectivity index (χ0) is 9.52. The second-order valence-corrected chi connectivity index (χ2v) is 3.01. The molecule has 0 bridgehead atoms. The number of benzene rings is 1. The molecule has 0 aliphatic rings. The standard InChI is InChI=1S/C10H13NOS.ClH/c11-7-4-8-12-10(13)9-5-2-1-3-6-9;/h1-3,5-6H,4,7-8,11H2;1H. The van der Waals surface area contributed by atoms with E-state index in [2.05, 4.69) is 0 Å². The van der Waals surface area contributed by atoms with Crippen molar-refractivity contribution in [3.05, 3.63) is 35.9 Å². The van der Waals surface area contributed by atoms with Gasteiger partial charge in [-0.05, 0) is 25.2 Å². The number of ether oxygens (including phenoxy) is 1. The summed E-state index contributed by atoms with van der Waals surface area (Å²) in [5, 5.41) is 0.550. The van der Waals surface area contributed by atoms with Crippen molar-refractivity contribution in [1.82, 2.24) is 0 Å². The Hall–Kier alpha value is -0.640. The smallest absolute Gasteiger partial charge is 0.191 e. The van der Waals surface area contributed by atoms with E-state index in [9.17, 15) is 0 Å². The fraction of sp³-hybridized carbons (Fsp3) is 0.300. The van der Waals surface area contributed by atoms with Crippen LogP contribution in [0.25, 0.3) is 0 Å². The molecule has 14 heavy (non-hydrogen) atoms. The highest BCUT2D eigenvalue weighted by molar-refractivity contribution is 7.80. The summed E-state index contributed by atoms with van der Waals surface area (Å²) in [5.74, 6) is 0. The van der Waals surface area contributed by atoms with Crippen molar-refractivity contribution in [1.29, 1.82) is 0 Å². The van der Waals surface area contributed by atoms with Gasteiger partial charge >= 0.3 is 0 Å². The Labute approximate surface area is 95.9 Å². The molecule has 1 aromatic carbocycles. The van der Waals surface area contributed by atoms with E-state index in [4.69, 9.17) is 22.7 Å². The summed E-state index contributed by atoms with van der Waals surface area (Å²) in [4.78, 5) is 0. The monoisotopic (exact) mass is 231 g/mol. The van der Waals surface area contributed by atoms with Crippen LogP contribution >= 0.6 is 24.6 Å². The Morgan fingerprint density at radius 3 is 2.50 bits per heavy atom. The lowest BCUT2D eigenvalue weighted by Gasteiger charge is -2.05. The molecule has 0 fully saturated rings. The van der Waals surface area contributed by atoms with Crippen molar-refractivity contribution < 1.29 is 4.74 Å². The summed E-state index contributed by atoms with van der Waals surface area (Å²) in [5.41, 5.74) is 6.28. The van der Waals surface area contributed by atoms with Crippen molar-refractivity contribution in [2.24, 2.45) is 5.73 Å². The molecule has 4 heteroatoms. The minimum atomic E-state index is 0. The first-order chi connectivity index (χ1) is 6.34. The fourth-order valence-corrected chi connectivity index (χ4v) is 1.13. The number of thiocarbonyl (C=S) groups is 1. The van der Waals surface area contributed by atoms with Gasteiger partial charge in [0.25, 0.3) is 0 Å². The van der Waals surface area contributed by atoms with Crippen LogP contribution in [0, 0.1) is 0 Å². The molecule has 2 N–H and O–H groups in total. The minimum absolute atomic E-state index is 0. The maximum Gasteiger partial charge on any atom is 0.191 e. The van der Waals surface area contributed by atoms with Crippen molar-refractivity contribution in [2.75, 3.05) is 13.2 Å². The zero-order valence-corrected chi connectivity index (χ0v) is 9.44. The molecule has 0 unspecified atom stereocenters. The summed E-state index contributed by atoms with van der Waals surface area (Å²) in [6, 6.07) is 9.70. The maximum absolute atomic E-state index is 5.33. The van der Waals surface area contributed by atoms with Gasteiger partial charge in [0.15, 0.2) is 5.05 Å². The van der Waals surface area contributed by atoms with Crippen LogP contribution in [0.1, 0.15) is 12.0 Å². The van der Waals surface area contributed by atoms with Gasteiger partial charge in [0.2, 0.25) is 0 Å². The Kier molecular flexibility index (Phi) is 7.38. The number of hydrogen-bond donors (Lipinski definition) is 1. The van der Waals surface area contributed by atoms with Crippen LogP contribution < -0.4 is 5.73 Å². The second kappa shape index (κ2) is 7.74. The van der Waals surface area contributed by atoms with Crippen LogP contribution in [0.2, 0.25) is 0 Å². The van der Waals surface area contributed by atoms with E-state index in [1.165, 1.54) is 0 Å². The molecule has 78 valence electrons. The zero-order valence-electron chi connectivity index (χ0n) is 7.81. The Balaban J connectivity index is 0.00000169. The van der Waals surface area contributed by atoms with E-state index in [-0.39, 0.29) is 12.4 Å². The van der Waals surface area contributed by atoms with Crippen molar-refractivity contribution in [3.63, 3.8) is 0 Å². The van der Waals surface area contributed by atoms with Gasteiger partial charge in [0.05, 0.1) is 6.61 Å². The van der Waals surface area contributed by atoms with Crippen molar-refractivity contribution >= 4 is 29.7 Å². The van der Waals surface area contributed by atoms with Crippen LogP contribution in [-0.4, -0.2) is 18.2 Å². The molecule has 0 amide bonds. The lowest BCUT2D eigenvalue weighted by Crippen LogP contribution is -2.08. The molecule has 0 aliphatic carbocycles. The third-order valence-corrected chi connectivity index (χ3v) is 1.94. The molecule has 0 atom stereocenters. The molecule has 0 saturated heterocycles. The van der Waals surface area contributed by atoms with E-state index in [1.54, 1.807) is 0 Å². The van der Waals surface area contributed by atoms with Crippen LogP contribution in [0.15, 0.2) is 30.3 Å². The number of nitrogens with two attached hydrogens (primary N) is 1. The number of hydrogen-bond acceptors (Lipinski definition) is 3. The first kappa shape index (κ1) is 13.4. The van der Waals surface area contributed by atoms with Crippen LogP contribution in [0.5, 0.6) is 0 Å². The number of halogens is 1. The van der Waals surface area contributed by atoms with E-state index < -0.39 is 0 Å². The van der Waals surface area contributed by atoms with Gasteiger partial charge in [-0.25, -0.2) is 0 Å². The van der Waals surface area contributed by atoms with Crippen LogP contribution in [0.4, 0.5) is 0 Å². The molecule has 2 nitrogen and oxygen atoms in total. The third kappa shape index (κ3) is 4.56. The Morgan fingerprint density at radius 2 is 1.93 bits per heavy atom. The normalized spacial score (nSPS) is 8.93. The number of rotatable bonds is 4.